The fourth-order valence-electron chi connectivity index (χ4n) is 5.59. The molecule has 1 saturated carbocycles. The molecule has 1 aliphatic heterocycles. The Morgan fingerprint density at radius 3 is 2.81 bits per heavy atom. The second-order valence-electron chi connectivity index (χ2n) is 9.65. The van der Waals surface area contributed by atoms with E-state index in [0.717, 1.165) is 29.4 Å². The van der Waals surface area contributed by atoms with Gasteiger partial charge in [-0.25, -0.2) is 9.37 Å². The normalized spacial score (nSPS) is 20.5. The molecule has 4 aromatic rings. The number of anilines is 1. The molecule has 3 heterocycles. The van der Waals surface area contributed by atoms with Crippen molar-refractivity contribution in [3.05, 3.63) is 71.3 Å². The van der Waals surface area contributed by atoms with Crippen LogP contribution < -0.4 is 11.1 Å². The number of benzene rings is 2. The average molecular weight is 504 g/mol. The van der Waals surface area contributed by atoms with Crippen molar-refractivity contribution in [2.45, 2.75) is 31.8 Å². The third kappa shape index (κ3) is 3.65. The van der Waals surface area contributed by atoms with E-state index in [0.29, 0.717) is 28.5 Å². The van der Waals surface area contributed by atoms with Crippen LogP contribution in [0.1, 0.15) is 39.4 Å². The number of carbonyl (C=O) groups excluding carboxylic acids is 2. The van der Waals surface area contributed by atoms with Gasteiger partial charge in [-0.15, -0.1) is 0 Å². The maximum atomic E-state index is 13.9. The van der Waals surface area contributed by atoms with Gasteiger partial charge in [-0.3, -0.25) is 9.59 Å². The predicted octanol–water partition coefficient (Wildman–Crippen LogP) is 4.36. The highest BCUT2D eigenvalue weighted by Crippen LogP contribution is 2.49. The number of rotatable bonds is 5. The van der Waals surface area contributed by atoms with Gasteiger partial charge in [-0.05, 0) is 49.4 Å². The summed E-state index contributed by atoms with van der Waals surface area (Å²) in [7, 11) is 1.95. The summed E-state index contributed by atoms with van der Waals surface area (Å²) < 4.78 is 15.9. The topological polar surface area (TPSA) is 93.2 Å². The van der Waals surface area contributed by atoms with Crippen LogP contribution >= 0.6 is 11.3 Å². The highest BCUT2D eigenvalue weighted by Gasteiger charge is 2.54. The summed E-state index contributed by atoms with van der Waals surface area (Å²) in [6.45, 7) is 2.30. The summed E-state index contributed by atoms with van der Waals surface area (Å²) >= 11 is 1.18. The Morgan fingerprint density at radius 2 is 2.00 bits per heavy atom. The number of hydrogen-bond donors (Lipinski definition) is 2. The van der Waals surface area contributed by atoms with E-state index in [2.05, 4.69) is 10.3 Å². The Morgan fingerprint density at radius 1 is 1.19 bits per heavy atom. The van der Waals surface area contributed by atoms with E-state index in [9.17, 15) is 14.0 Å². The number of nitrogen functional groups attached to an aromatic ring is 1. The van der Waals surface area contributed by atoms with E-state index in [4.69, 9.17) is 5.73 Å². The SMILES string of the molecule is Cc1c(C(=O)NC[C@@H]2CC3CC3N2C(=O)c2nc(N)sc2-c2cccc(F)c2)c2ccccc2n1C. The van der Waals surface area contributed by atoms with Gasteiger partial charge in [0.1, 0.15) is 11.5 Å². The number of thiazole rings is 1. The number of fused-ring (bicyclic) bond motifs is 2. The minimum Gasteiger partial charge on any atom is -0.375 e. The van der Waals surface area contributed by atoms with Crippen molar-refractivity contribution in [3.8, 4) is 10.4 Å². The smallest absolute Gasteiger partial charge is 0.274 e. The molecule has 2 aromatic carbocycles. The van der Waals surface area contributed by atoms with Gasteiger partial charge in [0.15, 0.2) is 5.13 Å². The first-order valence-corrected chi connectivity index (χ1v) is 12.8. The quantitative estimate of drug-likeness (QED) is 0.423. The molecule has 1 aliphatic carbocycles. The molecule has 0 radical (unpaired) electrons. The number of nitrogens with two attached hydrogens (primary N) is 1. The van der Waals surface area contributed by atoms with Crippen LogP contribution in [0.2, 0.25) is 0 Å². The minimum atomic E-state index is -0.384. The molecule has 0 bridgehead atoms. The van der Waals surface area contributed by atoms with E-state index in [1.54, 1.807) is 12.1 Å². The molecule has 1 saturated heterocycles. The third-order valence-corrected chi connectivity index (χ3v) is 8.44. The fraction of sp³-hybridized carbons (Fsp3) is 0.296. The van der Waals surface area contributed by atoms with Crippen molar-refractivity contribution >= 4 is 39.2 Å². The molecule has 9 heteroatoms. The summed E-state index contributed by atoms with van der Waals surface area (Å²) in [6.07, 6.45) is 1.79. The summed E-state index contributed by atoms with van der Waals surface area (Å²) in [5.74, 6) is -0.308. The zero-order valence-electron chi connectivity index (χ0n) is 20.0. The van der Waals surface area contributed by atoms with Gasteiger partial charge < -0.3 is 20.5 Å². The van der Waals surface area contributed by atoms with E-state index in [1.165, 1.54) is 23.5 Å². The van der Waals surface area contributed by atoms with Crippen molar-refractivity contribution in [2.24, 2.45) is 13.0 Å². The van der Waals surface area contributed by atoms with Gasteiger partial charge in [-0.2, -0.15) is 0 Å². The number of hydrogen-bond acceptors (Lipinski definition) is 5. The molecule has 2 amide bonds. The van der Waals surface area contributed by atoms with Gasteiger partial charge in [0.2, 0.25) is 0 Å². The minimum absolute atomic E-state index is 0.135. The lowest BCUT2D eigenvalue weighted by atomic mass is 10.1. The number of halogens is 1. The Hall–Kier alpha value is -3.72. The number of carbonyl (C=O) groups is 2. The first-order valence-electron chi connectivity index (χ1n) is 12.0. The summed E-state index contributed by atoms with van der Waals surface area (Å²) in [6, 6.07) is 14.0. The largest absolute Gasteiger partial charge is 0.375 e. The van der Waals surface area contributed by atoms with Gasteiger partial charge in [-0.1, -0.05) is 41.7 Å². The van der Waals surface area contributed by atoms with Crippen LogP contribution in [0.25, 0.3) is 21.3 Å². The third-order valence-electron chi connectivity index (χ3n) is 7.50. The van der Waals surface area contributed by atoms with Crippen molar-refractivity contribution in [3.63, 3.8) is 0 Å². The van der Waals surface area contributed by atoms with Gasteiger partial charge in [0.05, 0.1) is 16.5 Å². The molecule has 3 atom stereocenters. The van der Waals surface area contributed by atoms with Crippen LogP contribution in [0, 0.1) is 18.7 Å². The molecular formula is C27H26FN5O2S. The highest BCUT2D eigenvalue weighted by molar-refractivity contribution is 7.19. The molecule has 7 nitrogen and oxygen atoms in total. The standard InChI is InChI=1S/C27H26FN5O2S/c1-14-22(19-8-3-4-9-20(19)32(14)2)25(34)30-13-18-11-16-12-21(16)33(18)26(35)23-24(36-27(29)31-23)15-6-5-7-17(28)10-15/h3-10,16,18,21H,11-13H2,1-2H3,(H2,29,31)(H,30,34)/t16?,18-,21?/m0/s1. The number of nitrogens with one attached hydrogen (secondary N) is 1. The zero-order valence-corrected chi connectivity index (χ0v) is 20.8. The highest BCUT2D eigenvalue weighted by atomic mass is 32.1. The Kier molecular flexibility index (Phi) is 5.33. The van der Waals surface area contributed by atoms with Crippen LogP contribution in [0.4, 0.5) is 9.52 Å². The van der Waals surface area contributed by atoms with Crippen molar-refractivity contribution in [1.29, 1.82) is 0 Å². The van der Waals surface area contributed by atoms with Crippen LogP contribution in [0.3, 0.4) is 0 Å². The first kappa shape index (κ1) is 22.7. The van der Waals surface area contributed by atoms with Crippen molar-refractivity contribution in [1.82, 2.24) is 19.8 Å². The zero-order chi connectivity index (χ0) is 25.1. The van der Waals surface area contributed by atoms with E-state index in [1.807, 2.05) is 47.7 Å². The lowest BCUT2D eigenvalue weighted by Crippen LogP contribution is -2.45. The van der Waals surface area contributed by atoms with Crippen molar-refractivity contribution in [2.75, 3.05) is 12.3 Å². The van der Waals surface area contributed by atoms with Crippen molar-refractivity contribution < 1.29 is 14.0 Å². The number of amides is 2. The summed E-state index contributed by atoms with van der Waals surface area (Å²) in [5.41, 5.74) is 9.37. The molecular weight excluding hydrogens is 477 g/mol. The number of para-hydroxylation sites is 1. The molecule has 6 rings (SSSR count). The maximum Gasteiger partial charge on any atom is 0.274 e. The first-order chi connectivity index (χ1) is 17.3. The second kappa shape index (κ2) is 8.44. The maximum absolute atomic E-state index is 13.9. The lowest BCUT2D eigenvalue weighted by Gasteiger charge is -2.27. The summed E-state index contributed by atoms with van der Waals surface area (Å²) in [4.78, 5) is 33.8. The molecule has 36 heavy (non-hydrogen) atoms. The monoisotopic (exact) mass is 503 g/mol. The second-order valence-corrected chi connectivity index (χ2v) is 10.7. The van der Waals surface area contributed by atoms with Crippen LogP contribution in [-0.4, -0.2) is 44.9 Å². The Labute approximate surface area is 211 Å². The van der Waals surface area contributed by atoms with E-state index >= 15 is 0 Å². The number of aromatic nitrogens is 2. The van der Waals surface area contributed by atoms with Gasteiger partial charge in [0.25, 0.3) is 11.8 Å². The molecule has 3 N–H and O–H groups in total. The number of piperidine rings is 1. The Bertz CT molecular complexity index is 1530. The molecule has 2 unspecified atom stereocenters. The van der Waals surface area contributed by atoms with E-state index in [-0.39, 0.29) is 40.5 Å². The molecule has 184 valence electrons. The van der Waals surface area contributed by atoms with E-state index < -0.39 is 0 Å². The Balaban J connectivity index is 1.25. The van der Waals surface area contributed by atoms with Gasteiger partial charge in [0, 0.05) is 36.2 Å². The number of likely N-dealkylation sites (tertiary alicyclic amines) is 1. The molecule has 2 fully saturated rings. The molecule has 2 aliphatic rings. The lowest BCUT2D eigenvalue weighted by molar-refractivity contribution is 0.0685. The predicted molar refractivity (Wildman–Crippen MR) is 138 cm³/mol. The molecule has 2 aromatic heterocycles. The average Bonchev–Trinajstić information content (AvgIpc) is 3.23. The molecule has 0 spiro atoms. The fourth-order valence-corrected chi connectivity index (χ4v) is 6.41. The van der Waals surface area contributed by atoms with Crippen LogP contribution in [-0.2, 0) is 7.05 Å². The van der Waals surface area contributed by atoms with Crippen LogP contribution in [0.5, 0.6) is 0 Å². The summed E-state index contributed by atoms with van der Waals surface area (Å²) in [5, 5.41) is 4.26. The van der Waals surface area contributed by atoms with Gasteiger partial charge >= 0.3 is 0 Å². The number of nitrogens with zero attached hydrogens (tertiary/aromatic N) is 3. The van der Waals surface area contributed by atoms with Crippen LogP contribution in [0.15, 0.2) is 48.5 Å². The number of aryl methyl sites for hydroxylation is 1.